The van der Waals surface area contributed by atoms with E-state index in [1.807, 2.05) is 0 Å². The lowest BCUT2D eigenvalue weighted by molar-refractivity contribution is -0.138. The van der Waals surface area contributed by atoms with Crippen LogP contribution >= 0.6 is 11.6 Å². The smallest absolute Gasteiger partial charge is 0.375 e. The highest BCUT2D eigenvalue weighted by Gasteiger charge is 2.47. The van der Waals surface area contributed by atoms with Crippen LogP contribution in [-0.2, 0) is 15.8 Å². The quantitative estimate of drug-likeness (QED) is 0.672. The van der Waals surface area contributed by atoms with E-state index in [4.69, 9.17) is 11.6 Å². The minimum absolute atomic E-state index is 0.102. The lowest BCUT2D eigenvalue weighted by atomic mass is 10.00. The fourth-order valence-electron chi connectivity index (χ4n) is 2.20. The van der Waals surface area contributed by atoms with E-state index in [1.54, 1.807) is 6.92 Å². The van der Waals surface area contributed by atoms with E-state index in [9.17, 15) is 27.6 Å². The fraction of sp³-hybridized carbons (Fsp3) is 0.400. The molecule has 0 aromatic heterocycles. The molecule has 1 heterocycles. The van der Waals surface area contributed by atoms with Gasteiger partial charge in [-0.1, -0.05) is 18.5 Å². The molecule has 3 N–H and O–H groups in total. The average Bonchev–Trinajstić information content (AvgIpc) is 2.76. The van der Waals surface area contributed by atoms with Crippen molar-refractivity contribution in [1.82, 2.24) is 15.8 Å². The number of hydrogen-bond acceptors (Lipinski definition) is 4. The van der Waals surface area contributed by atoms with Crippen LogP contribution < -0.4 is 16.1 Å². The van der Waals surface area contributed by atoms with E-state index in [0.717, 1.165) is 18.2 Å². The SMILES string of the molecule is CCC1(C)NC(=O)N(NC(=O)CNc2ccc(C(F)(F)F)cc2Cl)C1=O. The van der Waals surface area contributed by atoms with Gasteiger partial charge in [-0.15, -0.1) is 0 Å². The Hall–Kier alpha value is -2.49. The van der Waals surface area contributed by atoms with Crippen molar-refractivity contribution < 1.29 is 27.6 Å². The van der Waals surface area contributed by atoms with Crippen molar-refractivity contribution >= 4 is 35.1 Å². The fourth-order valence-corrected chi connectivity index (χ4v) is 2.45. The monoisotopic (exact) mass is 392 g/mol. The van der Waals surface area contributed by atoms with E-state index < -0.39 is 41.7 Å². The van der Waals surface area contributed by atoms with Gasteiger partial charge in [-0.25, -0.2) is 4.79 Å². The molecule has 1 unspecified atom stereocenters. The molecule has 1 atom stereocenters. The van der Waals surface area contributed by atoms with Gasteiger partial charge >= 0.3 is 12.2 Å². The zero-order valence-corrected chi connectivity index (χ0v) is 14.6. The van der Waals surface area contributed by atoms with Gasteiger partial charge in [-0.3, -0.25) is 15.0 Å². The summed E-state index contributed by atoms with van der Waals surface area (Å²) in [5, 5.41) is 5.36. The number of benzene rings is 1. The molecule has 4 amide bonds. The molecule has 0 spiro atoms. The van der Waals surface area contributed by atoms with Crippen LogP contribution in [0.1, 0.15) is 25.8 Å². The van der Waals surface area contributed by atoms with Crippen molar-refractivity contribution in [3.63, 3.8) is 0 Å². The van der Waals surface area contributed by atoms with Crippen LogP contribution in [0.3, 0.4) is 0 Å². The predicted octanol–water partition coefficient (Wildman–Crippen LogP) is 2.52. The maximum Gasteiger partial charge on any atom is 0.416 e. The Morgan fingerprint density at radius 3 is 2.50 bits per heavy atom. The number of alkyl halides is 3. The first-order valence-corrected chi connectivity index (χ1v) is 7.92. The number of urea groups is 1. The molecule has 0 aliphatic carbocycles. The minimum Gasteiger partial charge on any atom is -0.375 e. The second-order valence-electron chi connectivity index (χ2n) is 5.84. The van der Waals surface area contributed by atoms with Gasteiger partial charge in [-0.2, -0.15) is 18.2 Å². The Morgan fingerprint density at radius 2 is 2.00 bits per heavy atom. The Balaban J connectivity index is 1.98. The number of carbonyl (C=O) groups is 3. The third-order valence-corrected chi connectivity index (χ3v) is 4.25. The van der Waals surface area contributed by atoms with Gasteiger partial charge in [0.05, 0.1) is 22.8 Å². The predicted molar refractivity (Wildman–Crippen MR) is 87.2 cm³/mol. The molecule has 7 nitrogen and oxygen atoms in total. The van der Waals surface area contributed by atoms with Gasteiger partial charge in [0.15, 0.2) is 0 Å². The van der Waals surface area contributed by atoms with E-state index in [0.29, 0.717) is 11.4 Å². The summed E-state index contributed by atoms with van der Waals surface area (Å²) >= 11 is 5.77. The van der Waals surface area contributed by atoms with Crippen molar-refractivity contribution in [3.8, 4) is 0 Å². The number of nitrogens with one attached hydrogen (secondary N) is 3. The summed E-state index contributed by atoms with van der Waals surface area (Å²) in [5.41, 5.74) is 0.219. The maximum absolute atomic E-state index is 12.6. The molecule has 1 aromatic carbocycles. The largest absolute Gasteiger partial charge is 0.416 e. The van der Waals surface area contributed by atoms with Crippen LogP contribution in [-0.4, -0.2) is 34.9 Å². The number of rotatable bonds is 5. The molecule has 1 fully saturated rings. The van der Waals surface area contributed by atoms with Crippen LogP contribution in [0.5, 0.6) is 0 Å². The molecule has 11 heteroatoms. The van der Waals surface area contributed by atoms with E-state index in [1.165, 1.54) is 6.92 Å². The van der Waals surface area contributed by atoms with Gasteiger partial charge in [-0.05, 0) is 31.5 Å². The van der Waals surface area contributed by atoms with Crippen molar-refractivity contribution in [3.05, 3.63) is 28.8 Å². The highest BCUT2D eigenvalue weighted by Crippen LogP contribution is 2.33. The van der Waals surface area contributed by atoms with Gasteiger partial charge in [0.2, 0.25) is 0 Å². The highest BCUT2D eigenvalue weighted by atomic mass is 35.5. The topological polar surface area (TPSA) is 90.5 Å². The number of amides is 4. The summed E-state index contributed by atoms with van der Waals surface area (Å²) in [5.74, 6) is -1.35. The van der Waals surface area contributed by atoms with Crippen LogP contribution in [0, 0.1) is 0 Å². The molecule has 0 radical (unpaired) electrons. The van der Waals surface area contributed by atoms with Crippen molar-refractivity contribution in [1.29, 1.82) is 0 Å². The molecule has 1 aliphatic rings. The molecule has 142 valence electrons. The first-order valence-electron chi connectivity index (χ1n) is 7.54. The summed E-state index contributed by atoms with van der Waals surface area (Å²) in [4.78, 5) is 35.9. The van der Waals surface area contributed by atoms with E-state index in [2.05, 4.69) is 16.1 Å². The Labute approximate surface area is 151 Å². The summed E-state index contributed by atoms with van der Waals surface area (Å²) in [7, 11) is 0. The lowest BCUT2D eigenvalue weighted by Gasteiger charge is -2.19. The highest BCUT2D eigenvalue weighted by molar-refractivity contribution is 6.33. The van der Waals surface area contributed by atoms with Crippen molar-refractivity contribution in [2.24, 2.45) is 0 Å². The van der Waals surface area contributed by atoms with Crippen LogP contribution in [0.15, 0.2) is 18.2 Å². The van der Waals surface area contributed by atoms with Crippen LogP contribution in [0.2, 0.25) is 5.02 Å². The molecule has 0 saturated carbocycles. The van der Waals surface area contributed by atoms with Crippen LogP contribution in [0.4, 0.5) is 23.7 Å². The second kappa shape index (κ2) is 7.02. The van der Waals surface area contributed by atoms with E-state index >= 15 is 0 Å². The van der Waals surface area contributed by atoms with Crippen molar-refractivity contribution in [2.45, 2.75) is 32.0 Å². The zero-order chi connectivity index (χ0) is 19.7. The summed E-state index contributed by atoms with van der Waals surface area (Å²) in [6.45, 7) is 2.82. The second-order valence-corrected chi connectivity index (χ2v) is 6.24. The summed E-state index contributed by atoms with van der Waals surface area (Å²) in [6.07, 6.45) is -4.20. The molecule has 1 aliphatic heterocycles. The molecule has 1 saturated heterocycles. The number of anilines is 1. The number of hydrogen-bond donors (Lipinski definition) is 3. The van der Waals surface area contributed by atoms with Gasteiger partial charge in [0, 0.05) is 0 Å². The minimum atomic E-state index is -4.53. The molecule has 0 bridgehead atoms. The number of nitrogens with zero attached hydrogens (tertiary/aromatic N) is 1. The molecule has 26 heavy (non-hydrogen) atoms. The average molecular weight is 393 g/mol. The maximum atomic E-state index is 12.6. The summed E-state index contributed by atoms with van der Waals surface area (Å²) in [6, 6.07) is 1.86. The summed E-state index contributed by atoms with van der Waals surface area (Å²) < 4.78 is 37.8. The Bertz CT molecular complexity index is 756. The normalized spacial score (nSPS) is 20.2. The number of carbonyl (C=O) groups excluding carboxylic acids is 3. The van der Waals surface area contributed by atoms with Crippen LogP contribution in [0.25, 0.3) is 0 Å². The first kappa shape index (κ1) is 19.8. The Morgan fingerprint density at radius 1 is 1.35 bits per heavy atom. The third kappa shape index (κ3) is 4.01. The standard InChI is InChI=1S/C15H16ClF3N4O3/c1-3-14(2)12(25)23(13(26)21-14)22-11(24)7-20-10-5-4-8(6-9(10)16)15(17,18)19/h4-6,20H,3,7H2,1-2H3,(H,21,26)(H,22,24). The zero-order valence-electron chi connectivity index (χ0n) is 13.8. The molecule has 2 rings (SSSR count). The number of imide groups is 1. The van der Waals surface area contributed by atoms with Gasteiger partial charge in [0.1, 0.15) is 5.54 Å². The third-order valence-electron chi connectivity index (χ3n) is 3.94. The number of halogens is 4. The van der Waals surface area contributed by atoms with Gasteiger partial charge < -0.3 is 10.6 Å². The van der Waals surface area contributed by atoms with Crippen molar-refractivity contribution in [2.75, 3.05) is 11.9 Å². The molecular formula is C15H16ClF3N4O3. The Kier molecular flexibility index (Phi) is 5.36. The lowest BCUT2D eigenvalue weighted by Crippen LogP contribution is -2.50. The van der Waals surface area contributed by atoms with Gasteiger partial charge in [0.25, 0.3) is 11.8 Å². The first-order chi connectivity index (χ1) is 12.0. The molecular weight excluding hydrogens is 377 g/mol. The molecule has 1 aromatic rings. The number of hydrazine groups is 1. The van der Waals surface area contributed by atoms with E-state index in [-0.39, 0.29) is 10.7 Å².